The fraction of sp³-hybridized carbons (Fsp3) is 0.545. The van der Waals surface area contributed by atoms with Crippen molar-refractivity contribution in [2.24, 2.45) is 0 Å². The van der Waals surface area contributed by atoms with Crippen LogP contribution in [0.25, 0.3) is 0 Å². The minimum atomic E-state index is -0.407. The third-order valence-electron chi connectivity index (χ3n) is 3.05. The van der Waals surface area contributed by atoms with Crippen molar-refractivity contribution in [3.8, 4) is 0 Å². The van der Waals surface area contributed by atoms with Crippen LogP contribution < -0.4 is 10.6 Å². The number of hydrogen-bond donors (Lipinski definition) is 2. The van der Waals surface area contributed by atoms with Crippen molar-refractivity contribution in [1.29, 1.82) is 0 Å². The predicted molar refractivity (Wildman–Crippen MR) is 65.0 cm³/mol. The zero-order chi connectivity index (χ0) is 12.3. The first-order valence-corrected chi connectivity index (χ1v) is 5.77. The molecule has 1 aromatic heterocycles. The average molecular weight is 236 g/mol. The lowest BCUT2D eigenvalue weighted by molar-refractivity contribution is -0.384. The van der Waals surface area contributed by atoms with E-state index in [4.69, 9.17) is 0 Å². The summed E-state index contributed by atoms with van der Waals surface area (Å²) in [7, 11) is 0. The standard InChI is InChI=1S/C11H16N4O2/c1-8-10(3-2-5-12-8)14-11-7-9(15(16)17)4-6-13-11/h4,6-8,10,12H,2-3,5H2,1H3,(H,13,14). The van der Waals surface area contributed by atoms with Gasteiger partial charge in [-0.25, -0.2) is 4.98 Å². The molecule has 1 saturated heterocycles. The van der Waals surface area contributed by atoms with Crippen LogP contribution in [0.5, 0.6) is 0 Å². The molecule has 6 heteroatoms. The number of anilines is 1. The van der Waals surface area contributed by atoms with Gasteiger partial charge in [0.15, 0.2) is 0 Å². The molecule has 0 bridgehead atoms. The zero-order valence-corrected chi connectivity index (χ0v) is 9.72. The highest BCUT2D eigenvalue weighted by molar-refractivity contribution is 5.45. The Morgan fingerprint density at radius 3 is 3.18 bits per heavy atom. The van der Waals surface area contributed by atoms with Crippen LogP contribution in [0.3, 0.4) is 0 Å². The molecule has 2 unspecified atom stereocenters. The van der Waals surface area contributed by atoms with E-state index >= 15 is 0 Å². The smallest absolute Gasteiger partial charge is 0.274 e. The van der Waals surface area contributed by atoms with Crippen LogP contribution in [0.15, 0.2) is 18.3 Å². The van der Waals surface area contributed by atoms with Crippen molar-refractivity contribution in [1.82, 2.24) is 10.3 Å². The molecule has 1 aliphatic rings. The molecule has 92 valence electrons. The topological polar surface area (TPSA) is 80.1 Å². The van der Waals surface area contributed by atoms with Crippen molar-refractivity contribution in [3.63, 3.8) is 0 Å². The second kappa shape index (κ2) is 5.09. The largest absolute Gasteiger partial charge is 0.366 e. The Kier molecular flexibility index (Phi) is 3.53. The molecular weight excluding hydrogens is 220 g/mol. The van der Waals surface area contributed by atoms with Crippen molar-refractivity contribution >= 4 is 11.5 Å². The number of piperidine rings is 1. The van der Waals surface area contributed by atoms with Gasteiger partial charge in [-0.05, 0) is 26.3 Å². The molecule has 0 saturated carbocycles. The van der Waals surface area contributed by atoms with E-state index in [-0.39, 0.29) is 11.7 Å². The van der Waals surface area contributed by atoms with Gasteiger partial charge in [0, 0.05) is 24.3 Å². The summed E-state index contributed by atoms with van der Waals surface area (Å²) in [6.07, 6.45) is 3.62. The second-order valence-electron chi connectivity index (χ2n) is 4.29. The quantitative estimate of drug-likeness (QED) is 0.614. The van der Waals surface area contributed by atoms with Gasteiger partial charge in [-0.2, -0.15) is 0 Å². The van der Waals surface area contributed by atoms with Crippen molar-refractivity contribution in [3.05, 3.63) is 28.4 Å². The molecule has 0 aliphatic carbocycles. The van der Waals surface area contributed by atoms with Gasteiger partial charge in [0.25, 0.3) is 5.69 Å². The summed E-state index contributed by atoms with van der Waals surface area (Å²) in [6, 6.07) is 3.50. The normalized spacial score (nSPS) is 24.3. The van der Waals surface area contributed by atoms with E-state index < -0.39 is 4.92 Å². The second-order valence-corrected chi connectivity index (χ2v) is 4.29. The number of nitrogens with zero attached hydrogens (tertiary/aromatic N) is 2. The maximum atomic E-state index is 10.6. The van der Waals surface area contributed by atoms with E-state index in [9.17, 15) is 10.1 Å². The molecule has 0 aromatic carbocycles. The third-order valence-corrected chi connectivity index (χ3v) is 3.05. The Balaban J connectivity index is 2.07. The molecule has 1 fully saturated rings. The van der Waals surface area contributed by atoms with E-state index in [1.165, 1.54) is 18.3 Å². The van der Waals surface area contributed by atoms with Crippen LogP contribution in [0.2, 0.25) is 0 Å². The maximum Gasteiger partial charge on any atom is 0.274 e. The summed E-state index contributed by atoms with van der Waals surface area (Å²) >= 11 is 0. The number of hydrogen-bond acceptors (Lipinski definition) is 5. The van der Waals surface area contributed by atoms with E-state index in [1.807, 2.05) is 0 Å². The molecule has 1 aromatic rings. The van der Waals surface area contributed by atoms with Crippen LogP contribution in [0.4, 0.5) is 11.5 Å². The van der Waals surface area contributed by atoms with Crippen LogP contribution in [-0.2, 0) is 0 Å². The first-order valence-electron chi connectivity index (χ1n) is 5.77. The number of nitrogens with one attached hydrogen (secondary N) is 2. The van der Waals surface area contributed by atoms with Crippen LogP contribution in [0.1, 0.15) is 19.8 Å². The highest BCUT2D eigenvalue weighted by Gasteiger charge is 2.21. The Bertz CT molecular complexity index is 410. The fourth-order valence-electron chi connectivity index (χ4n) is 2.04. The van der Waals surface area contributed by atoms with Gasteiger partial charge in [0.1, 0.15) is 5.82 Å². The summed E-state index contributed by atoms with van der Waals surface area (Å²) in [4.78, 5) is 14.3. The number of aromatic nitrogens is 1. The SMILES string of the molecule is CC1NCCCC1Nc1cc([N+](=O)[O-])ccn1. The van der Waals surface area contributed by atoms with Gasteiger partial charge in [-0.15, -0.1) is 0 Å². The first-order chi connectivity index (χ1) is 8.16. The summed E-state index contributed by atoms with van der Waals surface area (Å²) in [5.41, 5.74) is 0.0684. The van der Waals surface area contributed by atoms with Crippen LogP contribution in [-0.4, -0.2) is 28.5 Å². The van der Waals surface area contributed by atoms with E-state index in [0.717, 1.165) is 19.4 Å². The van der Waals surface area contributed by atoms with Crippen molar-refractivity contribution in [2.75, 3.05) is 11.9 Å². The molecule has 2 rings (SSSR count). The van der Waals surface area contributed by atoms with Crippen molar-refractivity contribution in [2.45, 2.75) is 31.8 Å². The monoisotopic (exact) mass is 236 g/mol. The van der Waals surface area contributed by atoms with Gasteiger partial charge in [0.05, 0.1) is 11.0 Å². The third kappa shape index (κ3) is 2.91. The minimum Gasteiger partial charge on any atom is -0.366 e. The molecule has 17 heavy (non-hydrogen) atoms. The number of rotatable bonds is 3. The van der Waals surface area contributed by atoms with Crippen LogP contribution in [0, 0.1) is 10.1 Å². The van der Waals surface area contributed by atoms with E-state index in [1.54, 1.807) is 0 Å². The van der Waals surface area contributed by atoms with E-state index in [2.05, 4.69) is 22.5 Å². The zero-order valence-electron chi connectivity index (χ0n) is 9.72. The lowest BCUT2D eigenvalue weighted by atomic mass is 10.00. The molecule has 1 aliphatic heterocycles. The van der Waals surface area contributed by atoms with E-state index in [0.29, 0.717) is 11.9 Å². The fourth-order valence-corrected chi connectivity index (χ4v) is 2.04. The molecule has 6 nitrogen and oxygen atoms in total. The van der Waals surface area contributed by atoms with Gasteiger partial charge < -0.3 is 10.6 Å². The Morgan fingerprint density at radius 1 is 1.65 bits per heavy atom. The molecule has 0 radical (unpaired) electrons. The maximum absolute atomic E-state index is 10.6. The molecule has 0 spiro atoms. The summed E-state index contributed by atoms with van der Waals surface area (Å²) in [5, 5.41) is 17.3. The van der Waals surface area contributed by atoms with Gasteiger partial charge in [-0.3, -0.25) is 10.1 Å². The first kappa shape index (κ1) is 11.8. The average Bonchev–Trinajstić information content (AvgIpc) is 2.32. The Labute approximate surface area is 99.6 Å². The predicted octanol–water partition coefficient (Wildman–Crippen LogP) is 1.54. The van der Waals surface area contributed by atoms with Crippen molar-refractivity contribution < 1.29 is 4.92 Å². The van der Waals surface area contributed by atoms with Gasteiger partial charge >= 0.3 is 0 Å². The number of nitro groups is 1. The Hall–Kier alpha value is -1.69. The summed E-state index contributed by atoms with van der Waals surface area (Å²) < 4.78 is 0. The van der Waals surface area contributed by atoms with Gasteiger partial charge in [-0.1, -0.05) is 0 Å². The molecular formula is C11H16N4O2. The summed E-state index contributed by atoms with van der Waals surface area (Å²) in [5.74, 6) is 0.569. The molecule has 2 N–H and O–H groups in total. The lowest BCUT2D eigenvalue weighted by Crippen LogP contribution is -2.46. The highest BCUT2D eigenvalue weighted by atomic mass is 16.6. The molecule has 2 atom stereocenters. The lowest BCUT2D eigenvalue weighted by Gasteiger charge is -2.30. The highest BCUT2D eigenvalue weighted by Crippen LogP contribution is 2.18. The summed E-state index contributed by atoms with van der Waals surface area (Å²) in [6.45, 7) is 3.13. The molecule has 2 heterocycles. The van der Waals surface area contributed by atoms with Gasteiger partial charge in [0.2, 0.25) is 0 Å². The Morgan fingerprint density at radius 2 is 2.47 bits per heavy atom. The minimum absolute atomic E-state index is 0.0684. The molecule has 0 amide bonds. The van der Waals surface area contributed by atoms with Crippen LogP contribution >= 0.6 is 0 Å². The number of pyridine rings is 1.